The molecule has 3 rings (SSSR count). The number of anilines is 1. The summed E-state index contributed by atoms with van der Waals surface area (Å²) in [6.45, 7) is 6.91. The number of thiol groups is 1. The Hall–Kier alpha value is -3.40. The zero-order chi connectivity index (χ0) is 28.0. The van der Waals surface area contributed by atoms with Gasteiger partial charge < -0.3 is 30.1 Å². The maximum atomic E-state index is 14.0. The van der Waals surface area contributed by atoms with Crippen LogP contribution in [0.3, 0.4) is 0 Å². The number of para-hydroxylation sites is 1. The second kappa shape index (κ2) is 12.4. The molecule has 0 aromatic heterocycles. The number of carbonyl (C=O) groups is 3. The Kier molecular flexibility index (Phi) is 9.54. The van der Waals surface area contributed by atoms with E-state index in [0.29, 0.717) is 35.4 Å². The van der Waals surface area contributed by atoms with Crippen molar-refractivity contribution in [2.75, 3.05) is 18.2 Å². The Balaban J connectivity index is 2.01. The number of aryl methyl sites for hydroxylation is 1. The Morgan fingerprint density at radius 2 is 1.79 bits per heavy atom. The first-order valence-corrected chi connectivity index (χ1v) is 13.2. The van der Waals surface area contributed by atoms with Gasteiger partial charge in [-0.05, 0) is 76.8 Å². The summed E-state index contributed by atoms with van der Waals surface area (Å²) in [4.78, 5) is 41.8. The van der Waals surface area contributed by atoms with E-state index in [1.807, 2.05) is 0 Å². The Labute approximate surface area is 229 Å². The maximum absolute atomic E-state index is 14.0. The van der Waals surface area contributed by atoms with Crippen LogP contribution in [0.4, 0.5) is 10.5 Å². The van der Waals surface area contributed by atoms with E-state index in [4.69, 9.17) is 9.47 Å². The van der Waals surface area contributed by atoms with Crippen LogP contribution in [0.25, 0.3) is 0 Å². The minimum absolute atomic E-state index is 0.00604. The Bertz CT molecular complexity index is 1140. The zero-order valence-electron chi connectivity index (χ0n) is 22.5. The number of rotatable bonds is 9. The molecule has 3 amide bonds. The van der Waals surface area contributed by atoms with Crippen LogP contribution < -0.4 is 15.4 Å². The van der Waals surface area contributed by atoms with E-state index in [0.717, 1.165) is 6.42 Å². The fourth-order valence-corrected chi connectivity index (χ4v) is 4.45. The normalized spacial score (nSPS) is 15.0. The lowest BCUT2D eigenvalue weighted by atomic mass is 9.87. The highest BCUT2D eigenvalue weighted by atomic mass is 32.1. The van der Waals surface area contributed by atoms with Gasteiger partial charge in [0.25, 0.3) is 5.91 Å². The number of carbonyl (C=O) groups excluding carboxylic acids is 3. The number of alkyl carbamates (subject to hydrolysis) is 1. The predicted molar refractivity (Wildman–Crippen MR) is 149 cm³/mol. The molecule has 3 N–H and O–H groups in total. The number of aromatic hydroxyl groups is 1. The van der Waals surface area contributed by atoms with Gasteiger partial charge in [-0.25, -0.2) is 4.79 Å². The topological polar surface area (TPSA) is 117 Å². The molecular formula is C28H37N3O6S. The van der Waals surface area contributed by atoms with Crippen molar-refractivity contribution in [3.8, 4) is 11.5 Å². The van der Waals surface area contributed by atoms with Crippen molar-refractivity contribution in [1.29, 1.82) is 0 Å². The number of hydrogen-bond acceptors (Lipinski definition) is 7. The second-order valence-corrected chi connectivity index (χ2v) is 10.7. The molecule has 2 aromatic rings. The quantitative estimate of drug-likeness (QED) is 0.344. The molecule has 1 saturated carbocycles. The minimum Gasteiger partial charge on any atom is -0.507 e. The fourth-order valence-electron chi connectivity index (χ4n) is 4.20. The number of methoxy groups -OCH3 is 1. The molecule has 2 atom stereocenters. The number of benzene rings is 2. The lowest BCUT2D eigenvalue weighted by molar-refractivity contribution is -0.145. The van der Waals surface area contributed by atoms with Crippen molar-refractivity contribution >= 4 is 36.2 Å². The molecule has 0 aliphatic heterocycles. The van der Waals surface area contributed by atoms with Crippen LogP contribution in [0.15, 0.2) is 42.5 Å². The molecule has 0 heterocycles. The Morgan fingerprint density at radius 1 is 1.13 bits per heavy atom. The molecule has 2 aromatic carbocycles. The van der Waals surface area contributed by atoms with Crippen molar-refractivity contribution < 1.29 is 29.0 Å². The summed E-state index contributed by atoms with van der Waals surface area (Å²) in [6, 6.07) is 9.46. The van der Waals surface area contributed by atoms with E-state index in [-0.39, 0.29) is 17.5 Å². The third-order valence-corrected chi connectivity index (χ3v) is 6.71. The SMILES string of the molecule is COc1ccc(NC(=O)C(c2cccc(C)c2O)N(C(=O)C(CS)NC(=O)OC(C)(C)C)C2CCC2)cc1. The molecule has 38 heavy (non-hydrogen) atoms. The van der Waals surface area contributed by atoms with Gasteiger partial charge in [0.05, 0.1) is 7.11 Å². The summed E-state index contributed by atoms with van der Waals surface area (Å²) in [5.74, 6) is -0.416. The minimum atomic E-state index is -1.15. The molecule has 10 heteroatoms. The third kappa shape index (κ3) is 7.12. The average Bonchev–Trinajstić information content (AvgIpc) is 2.82. The van der Waals surface area contributed by atoms with Crippen molar-refractivity contribution in [1.82, 2.24) is 10.2 Å². The van der Waals surface area contributed by atoms with Crippen LogP contribution >= 0.6 is 12.6 Å². The molecule has 1 aliphatic rings. The first-order chi connectivity index (χ1) is 17.9. The average molecular weight is 544 g/mol. The van der Waals surface area contributed by atoms with Crippen LogP contribution in [0, 0.1) is 6.92 Å². The summed E-state index contributed by atoms with van der Waals surface area (Å²) < 4.78 is 10.5. The van der Waals surface area contributed by atoms with Gasteiger partial charge in [0.2, 0.25) is 5.91 Å². The highest BCUT2D eigenvalue weighted by molar-refractivity contribution is 7.80. The van der Waals surface area contributed by atoms with Crippen LogP contribution in [-0.4, -0.2) is 58.5 Å². The van der Waals surface area contributed by atoms with Crippen molar-refractivity contribution in [2.24, 2.45) is 0 Å². The van der Waals surface area contributed by atoms with Gasteiger partial charge in [-0.3, -0.25) is 9.59 Å². The molecule has 0 radical (unpaired) electrons. The lowest BCUT2D eigenvalue weighted by Gasteiger charge is -2.43. The van der Waals surface area contributed by atoms with E-state index in [1.165, 1.54) is 4.90 Å². The molecule has 9 nitrogen and oxygen atoms in total. The summed E-state index contributed by atoms with van der Waals surface area (Å²) in [5, 5.41) is 16.5. The molecule has 206 valence electrons. The molecule has 0 saturated heterocycles. The van der Waals surface area contributed by atoms with Crippen molar-refractivity contribution in [3.05, 3.63) is 53.6 Å². The van der Waals surface area contributed by atoms with Crippen LogP contribution in [0.5, 0.6) is 11.5 Å². The van der Waals surface area contributed by atoms with Crippen LogP contribution in [-0.2, 0) is 14.3 Å². The number of amides is 3. The number of nitrogens with zero attached hydrogens (tertiary/aromatic N) is 1. The fraction of sp³-hybridized carbons (Fsp3) is 0.464. The van der Waals surface area contributed by atoms with E-state index < -0.39 is 35.6 Å². The number of hydrogen-bond donors (Lipinski definition) is 4. The predicted octanol–water partition coefficient (Wildman–Crippen LogP) is 4.59. The monoisotopic (exact) mass is 543 g/mol. The lowest BCUT2D eigenvalue weighted by Crippen LogP contribution is -2.57. The molecule has 1 fully saturated rings. The summed E-state index contributed by atoms with van der Waals surface area (Å²) in [5.41, 5.74) is 0.622. The molecule has 1 aliphatic carbocycles. The summed E-state index contributed by atoms with van der Waals surface area (Å²) >= 11 is 4.31. The summed E-state index contributed by atoms with van der Waals surface area (Å²) in [6.07, 6.45) is 1.52. The van der Waals surface area contributed by atoms with E-state index in [9.17, 15) is 19.5 Å². The van der Waals surface area contributed by atoms with Gasteiger partial charge in [-0.15, -0.1) is 0 Å². The number of phenols is 1. The number of nitrogens with one attached hydrogen (secondary N) is 2. The van der Waals surface area contributed by atoms with E-state index in [1.54, 1.807) is 77.3 Å². The van der Waals surface area contributed by atoms with Crippen LogP contribution in [0.1, 0.15) is 57.2 Å². The summed E-state index contributed by atoms with van der Waals surface area (Å²) in [7, 11) is 1.55. The van der Waals surface area contributed by atoms with Gasteiger partial charge >= 0.3 is 6.09 Å². The van der Waals surface area contributed by atoms with Crippen molar-refractivity contribution in [3.63, 3.8) is 0 Å². The highest BCUT2D eigenvalue weighted by Gasteiger charge is 2.42. The third-order valence-electron chi connectivity index (χ3n) is 6.34. The molecule has 0 spiro atoms. The second-order valence-electron chi connectivity index (χ2n) is 10.3. The van der Waals surface area contributed by atoms with E-state index in [2.05, 4.69) is 23.3 Å². The maximum Gasteiger partial charge on any atom is 0.408 e. The van der Waals surface area contributed by atoms with Gasteiger partial charge in [0, 0.05) is 23.0 Å². The van der Waals surface area contributed by atoms with Gasteiger partial charge in [0.1, 0.15) is 29.2 Å². The molecule has 0 bridgehead atoms. The number of phenolic OH excluding ortho intramolecular Hbond substituents is 1. The first-order valence-electron chi connectivity index (χ1n) is 12.6. The van der Waals surface area contributed by atoms with Gasteiger partial charge in [0.15, 0.2) is 0 Å². The van der Waals surface area contributed by atoms with Gasteiger partial charge in [-0.2, -0.15) is 12.6 Å². The highest BCUT2D eigenvalue weighted by Crippen LogP contribution is 2.38. The first kappa shape index (κ1) is 29.2. The van der Waals surface area contributed by atoms with Gasteiger partial charge in [-0.1, -0.05) is 18.2 Å². The standard InChI is InChI=1S/C28H37N3O6S/c1-17-8-6-11-21(24(17)32)23(25(33)29-18-12-14-20(36-5)15-13-18)31(19-9-7-10-19)26(34)22(16-38)30-27(35)37-28(2,3)4/h6,8,11-15,19,22-23,32,38H,7,9-10,16H2,1-5H3,(H,29,33)(H,30,35). The largest absolute Gasteiger partial charge is 0.507 e. The number of ether oxygens (including phenoxy) is 2. The zero-order valence-corrected chi connectivity index (χ0v) is 23.4. The van der Waals surface area contributed by atoms with E-state index >= 15 is 0 Å². The smallest absolute Gasteiger partial charge is 0.408 e. The molecular weight excluding hydrogens is 506 g/mol. The van der Waals surface area contributed by atoms with Crippen molar-refractivity contribution in [2.45, 2.75) is 70.7 Å². The molecule has 2 unspecified atom stereocenters. The van der Waals surface area contributed by atoms with Crippen LogP contribution in [0.2, 0.25) is 0 Å². The Morgan fingerprint density at radius 3 is 2.32 bits per heavy atom.